The first-order chi connectivity index (χ1) is 12.0. The van der Waals surface area contributed by atoms with Crippen molar-refractivity contribution < 1.29 is 14.3 Å². The number of nitrogens with zero attached hydrogens (tertiary/aromatic N) is 1. The van der Waals surface area contributed by atoms with Crippen LogP contribution in [0.25, 0.3) is 0 Å². The molecule has 6 nitrogen and oxygen atoms in total. The summed E-state index contributed by atoms with van der Waals surface area (Å²) in [6.45, 7) is 3.61. The Labute approximate surface area is 151 Å². The van der Waals surface area contributed by atoms with Gasteiger partial charge in [0.1, 0.15) is 12.4 Å². The number of amides is 3. The molecule has 2 aromatic rings. The van der Waals surface area contributed by atoms with Crippen LogP contribution in [0.3, 0.4) is 0 Å². The third-order valence-corrected chi connectivity index (χ3v) is 4.31. The maximum absolute atomic E-state index is 11.8. The lowest BCUT2D eigenvalue weighted by Gasteiger charge is -2.16. The van der Waals surface area contributed by atoms with Gasteiger partial charge in [-0.1, -0.05) is 23.8 Å². The Morgan fingerprint density at radius 2 is 1.96 bits per heavy atom. The van der Waals surface area contributed by atoms with Gasteiger partial charge in [-0.15, -0.1) is 11.3 Å². The highest BCUT2D eigenvalue weighted by Gasteiger charge is 2.10. The normalized spacial score (nSPS) is 10.5. The third-order valence-electron chi connectivity index (χ3n) is 3.43. The van der Waals surface area contributed by atoms with Gasteiger partial charge in [0.2, 0.25) is 5.91 Å². The van der Waals surface area contributed by atoms with E-state index in [0.29, 0.717) is 19.7 Å². The molecule has 0 unspecified atom stereocenters. The molecule has 1 aromatic carbocycles. The van der Waals surface area contributed by atoms with E-state index in [1.807, 2.05) is 55.7 Å². The number of imide groups is 1. The molecule has 0 saturated heterocycles. The van der Waals surface area contributed by atoms with Gasteiger partial charge >= 0.3 is 6.03 Å². The molecule has 134 valence electrons. The van der Waals surface area contributed by atoms with Crippen molar-refractivity contribution in [3.63, 3.8) is 0 Å². The molecular formula is C18H23N3O3S. The lowest BCUT2D eigenvalue weighted by molar-refractivity contribution is -0.120. The summed E-state index contributed by atoms with van der Waals surface area (Å²) in [7, 11) is 1.81. The number of carbonyl (C=O) groups is 2. The molecule has 1 aromatic heterocycles. The second-order valence-corrected chi connectivity index (χ2v) is 6.74. The minimum Gasteiger partial charge on any atom is -0.492 e. The number of likely N-dealkylation sites (N-methyl/N-ethyl adjacent to an activating group) is 1. The molecule has 0 spiro atoms. The number of thiophene rings is 1. The van der Waals surface area contributed by atoms with Gasteiger partial charge < -0.3 is 10.1 Å². The van der Waals surface area contributed by atoms with Gasteiger partial charge in [-0.3, -0.25) is 15.0 Å². The van der Waals surface area contributed by atoms with Crippen molar-refractivity contribution in [1.29, 1.82) is 0 Å². The fourth-order valence-electron chi connectivity index (χ4n) is 2.07. The van der Waals surface area contributed by atoms with E-state index in [1.165, 1.54) is 5.56 Å². The molecule has 0 fully saturated rings. The van der Waals surface area contributed by atoms with E-state index in [1.54, 1.807) is 16.2 Å². The van der Waals surface area contributed by atoms with E-state index >= 15 is 0 Å². The van der Waals surface area contributed by atoms with Crippen LogP contribution in [0.4, 0.5) is 4.79 Å². The van der Waals surface area contributed by atoms with Crippen molar-refractivity contribution in [2.24, 2.45) is 0 Å². The number of hydrogen-bond acceptors (Lipinski definition) is 5. The molecule has 25 heavy (non-hydrogen) atoms. The molecule has 0 aliphatic carbocycles. The van der Waals surface area contributed by atoms with Gasteiger partial charge in [0.05, 0.1) is 13.1 Å². The number of hydrogen-bond donors (Lipinski definition) is 2. The van der Waals surface area contributed by atoms with E-state index in [9.17, 15) is 9.59 Å². The number of ether oxygens (including phenoxy) is 1. The van der Waals surface area contributed by atoms with Gasteiger partial charge in [0.15, 0.2) is 0 Å². The first-order valence-corrected chi connectivity index (χ1v) is 8.89. The van der Waals surface area contributed by atoms with E-state index in [0.717, 1.165) is 10.6 Å². The maximum atomic E-state index is 11.8. The monoisotopic (exact) mass is 361 g/mol. The van der Waals surface area contributed by atoms with Crippen LogP contribution in [-0.2, 0) is 11.3 Å². The number of carbonyl (C=O) groups excluding carboxylic acids is 2. The quantitative estimate of drug-likeness (QED) is 0.757. The molecule has 2 N–H and O–H groups in total. The van der Waals surface area contributed by atoms with E-state index in [2.05, 4.69) is 10.6 Å². The molecule has 0 aliphatic heterocycles. The lowest BCUT2D eigenvalue weighted by atomic mass is 10.2. The summed E-state index contributed by atoms with van der Waals surface area (Å²) >= 11 is 1.55. The van der Waals surface area contributed by atoms with Crippen molar-refractivity contribution in [3.8, 4) is 5.75 Å². The van der Waals surface area contributed by atoms with Crippen molar-refractivity contribution >= 4 is 23.3 Å². The summed E-state index contributed by atoms with van der Waals surface area (Å²) in [4.78, 5) is 26.4. The molecule has 0 atom stereocenters. The molecule has 1 heterocycles. The smallest absolute Gasteiger partial charge is 0.321 e. The second kappa shape index (κ2) is 9.80. The molecule has 0 saturated carbocycles. The molecular weight excluding hydrogens is 338 g/mol. The predicted octanol–water partition coefficient (Wildman–Crippen LogP) is 2.39. The van der Waals surface area contributed by atoms with Crippen LogP contribution in [-0.4, -0.2) is 43.6 Å². The van der Waals surface area contributed by atoms with Crippen molar-refractivity contribution in [3.05, 3.63) is 52.2 Å². The first kappa shape index (κ1) is 19.0. The Kier molecular flexibility index (Phi) is 7.43. The van der Waals surface area contributed by atoms with Crippen LogP contribution in [0.2, 0.25) is 0 Å². The van der Waals surface area contributed by atoms with Gasteiger partial charge in [0, 0.05) is 11.4 Å². The second-order valence-electron chi connectivity index (χ2n) is 5.71. The van der Waals surface area contributed by atoms with Crippen LogP contribution < -0.4 is 15.4 Å². The zero-order valence-corrected chi connectivity index (χ0v) is 15.3. The summed E-state index contributed by atoms with van der Waals surface area (Å²) in [6, 6.07) is 11.2. The standard InChI is InChI=1S/C18H23N3O3S/c1-14-5-7-15(8-6-14)24-10-9-21(2)13-17(22)20-18(23)19-12-16-4-3-11-25-16/h3-8,11H,9-10,12-13H2,1-2H3,(H2,19,20,22,23). The highest BCUT2D eigenvalue weighted by molar-refractivity contribution is 7.09. The Balaban J connectivity index is 1.60. The van der Waals surface area contributed by atoms with Crippen LogP contribution in [0.5, 0.6) is 5.75 Å². The summed E-state index contributed by atoms with van der Waals surface area (Å²) < 4.78 is 5.62. The van der Waals surface area contributed by atoms with Gasteiger partial charge in [-0.2, -0.15) is 0 Å². The summed E-state index contributed by atoms with van der Waals surface area (Å²) in [6.07, 6.45) is 0. The van der Waals surface area contributed by atoms with Crippen molar-refractivity contribution in [2.75, 3.05) is 26.7 Å². The zero-order valence-electron chi connectivity index (χ0n) is 14.5. The summed E-state index contributed by atoms with van der Waals surface area (Å²) in [5.74, 6) is 0.456. The number of urea groups is 1. The van der Waals surface area contributed by atoms with Gasteiger partial charge in [-0.25, -0.2) is 4.79 Å². The SMILES string of the molecule is Cc1ccc(OCCN(C)CC(=O)NC(=O)NCc2cccs2)cc1. The van der Waals surface area contributed by atoms with E-state index < -0.39 is 6.03 Å². The maximum Gasteiger partial charge on any atom is 0.321 e. The number of aryl methyl sites for hydroxylation is 1. The fraction of sp³-hybridized carbons (Fsp3) is 0.333. The van der Waals surface area contributed by atoms with Gasteiger partial charge in [0.25, 0.3) is 0 Å². The molecule has 7 heteroatoms. The first-order valence-electron chi connectivity index (χ1n) is 8.01. The molecule has 2 rings (SSSR count). The van der Waals surface area contributed by atoms with Crippen molar-refractivity contribution in [1.82, 2.24) is 15.5 Å². The number of rotatable bonds is 8. The Morgan fingerprint density at radius 3 is 2.64 bits per heavy atom. The average molecular weight is 361 g/mol. The largest absolute Gasteiger partial charge is 0.492 e. The zero-order chi connectivity index (χ0) is 18.1. The molecule has 0 aliphatic rings. The molecule has 0 radical (unpaired) electrons. The summed E-state index contributed by atoms with van der Waals surface area (Å²) in [5, 5.41) is 6.91. The van der Waals surface area contributed by atoms with Crippen molar-refractivity contribution in [2.45, 2.75) is 13.5 Å². The highest BCUT2D eigenvalue weighted by atomic mass is 32.1. The molecule has 3 amide bonds. The van der Waals surface area contributed by atoms with E-state index in [4.69, 9.17) is 4.74 Å². The minimum absolute atomic E-state index is 0.129. The Bertz CT molecular complexity index is 671. The topological polar surface area (TPSA) is 70.7 Å². The van der Waals surface area contributed by atoms with Crippen LogP contribution in [0.15, 0.2) is 41.8 Å². The minimum atomic E-state index is -0.484. The third kappa shape index (κ3) is 7.36. The van der Waals surface area contributed by atoms with Crippen LogP contribution in [0.1, 0.15) is 10.4 Å². The Morgan fingerprint density at radius 1 is 1.20 bits per heavy atom. The number of benzene rings is 1. The number of nitrogens with one attached hydrogen (secondary N) is 2. The van der Waals surface area contributed by atoms with Crippen LogP contribution >= 0.6 is 11.3 Å². The highest BCUT2D eigenvalue weighted by Crippen LogP contribution is 2.11. The lowest BCUT2D eigenvalue weighted by Crippen LogP contribution is -2.44. The molecule has 0 bridgehead atoms. The Hall–Kier alpha value is -2.38. The summed E-state index contributed by atoms with van der Waals surface area (Å²) in [5.41, 5.74) is 1.18. The van der Waals surface area contributed by atoms with Crippen LogP contribution in [0, 0.1) is 6.92 Å². The fourth-order valence-corrected chi connectivity index (χ4v) is 2.71. The predicted molar refractivity (Wildman–Crippen MR) is 98.9 cm³/mol. The van der Waals surface area contributed by atoms with E-state index in [-0.39, 0.29) is 12.5 Å². The average Bonchev–Trinajstić information content (AvgIpc) is 3.08. The van der Waals surface area contributed by atoms with Gasteiger partial charge in [-0.05, 0) is 37.6 Å².